The number of methoxy groups -OCH3 is 1. The predicted octanol–water partition coefficient (Wildman–Crippen LogP) is 2.57. The van der Waals surface area contributed by atoms with Crippen molar-refractivity contribution < 1.29 is 19.0 Å². The average molecular weight is 332 g/mol. The minimum absolute atomic E-state index is 0.154. The normalized spacial score (nSPS) is 12.0. The largest absolute Gasteiger partial charge is 0.507 e. The number of carbonyl (C=O) groups excluding carboxylic acids is 1. The molecule has 0 fully saturated rings. The number of rotatable bonds is 6. The highest BCUT2D eigenvalue weighted by molar-refractivity contribution is 5.97. The number of hydrogen-bond donors (Lipinski definition) is 2. The summed E-state index contributed by atoms with van der Waals surface area (Å²) in [6.45, 7) is 0.279. The van der Waals surface area contributed by atoms with Crippen molar-refractivity contribution in [3.63, 3.8) is 0 Å². The molecule has 0 radical (unpaired) electrons. The number of likely N-dealkylation sites (N-methyl/N-ethyl adjacent to an activating group) is 1. The molecule has 0 aliphatic rings. The lowest BCUT2D eigenvalue weighted by Gasteiger charge is -2.25. The fraction of sp³-hybridized carbons (Fsp3) is 0.278. The van der Waals surface area contributed by atoms with Gasteiger partial charge in [-0.05, 0) is 43.9 Å². The molecule has 0 aromatic heterocycles. The van der Waals surface area contributed by atoms with Gasteiger partial charge in [-0.1, -0.05) is 12.1 Å². The van der Waals surface area contributed by atoms with Crippen LogP contribution in [0.1, 0.15) is 22.0 Å². The standard InChI is InChI=1S/C18H21FN2O3/c1-21(2)16(12-5-4-6-13(19)9-12)11-20-18(23)15-8-7-14(24-3)10-17(15)22/h4-10,16,22H,11H2,1-3H3,(H,20,23). The summed E-state index contributed by atoms with van der Waals surface area (Å²) in [6.07, 6.45) is 0. The SMILES string of the molecule is COc1ccc(C(=O)NCC(c2cccc(F)c2)N(C)C)c(O)c1. The highest BCUT2D eigenvalue weighted by atomic mass is 19.1. The summed E-state index contributed by atoms with van der Waals surface area (Å²) in [5.74, 6) is -0.411. The maximum Gasteiger partial charge on any atom is 0.255 e. The van der Waals surface area contributed by atoms with Crippen molar-refractivity contribution in [1.29, 1.82) is 0 Å². The van der Waals surface area contributed by atoms with E-state index in [9.17, 15) is 14.3 Å². The van der Waals surface area contributed by atoms with Crippen molar-refractivity contribution >= 4 is 5.91 Å². The van der Waals surface area contributed by atoms with E-state index in [4.69, 9.17) is 4.74 Å². The Morgan fingerprint density at radius 1 is 1.29 bits per heavy atom. The Bertz CT molecular complexity index is 719. The monoisotopic (exact) mass is 332 g/mol. The Hall–Kier alpha value is -2.60. The van der Waals surface area contributed by atoms with E-state index in [0.29, 0.717) is 5.75 Å². The number of phenolic OH excluding ortho intramolecular Hbond substituents is 1. The molecule has 1 unspecified atom stereocenters. The minimum atomic E-state index is -0.404. The smallest absolute Gasteiger partial charge is 0.255 e. The van der Waals surface area contributed by atoms with Crippen LogP contribution in [0.3, 0.4) is 0 Å². The minimum Gasteiger partial charge on any atom is -0.507 e. The van der Waals surface area contributed by atoms with E-state index in [1.54, 1.807) is 12.1 Å². The predicted molar refractivity (Wildman–Crippen MR) is 89.8 cm³/mol. The molecule has 0 saturated heterocycles. The van der Waals surface area contributed by atoms with Gasteiger partial charge in [-0.25, -0.2) is 4.39 Å². The highest BCUT2D eigenvalue weighted by Crippen LogP contribution is 2.24. The van der Waals surface area contributed by atoms with E-state index in [1.807, 2.05) is 25.1 Å². The van der Waals surface area contributed by atoms with Crippen molar-refractivity contribution in [2.45, 2.75) is 6.04 Å². The lowest BCUT2D eigenvalue weighted by atomic mass is 10.1. The zero-order valence-electron chi connectivity index (χ0n) is 13.9. The van der Waals surface area contributed by atoms with E-state index in [-0.39, 0.29) is 29.7 Å². The zero-order chi connectivity index (χ0) is 17.7. The van der Waals surface area contributed by atoms with Crippen LogP contribution >= 0.6 is 0 Å². The number of nitrogens with one attached hydrogen (secondary N) is 1. The summed E-state index contributed by atoms with van der Waals surface area (Å²) in [5, 5.41) is 12.7. The second-order valence-electron chi connectivity index (χ2n) is 5.63. The molecule has 0 saturated carbocycles. The summed E-state index contributed by atoms with van der Waals surface area (Å²) in [7, 11) is 5.19. The Balaban J connectivity index is 2.11. The summed E-state index contributed by atoms with van der Waals surface area (Å²) >= 11 is 0. The molecule has 0 aliphatic heterocycles. The van der Waals surface area contributed by atoms with Crippen molar-refractivity contribution in [2.75, 3.05) is 27.7 Å². The number of benzene rings is 2. The van der Waals surface area contributed by atoms with E-state index in [1.165, 1.54) is 31.4 Å². The third-order valence-electron chi connectivity index (χ3n) is 3.76. The van der Waals surface area contributed by atoms with E-state index in [2.05, 4.69) is 5.32 Å². The highest BCUT2D eigenvalue weighted by Gasteiger charge is 2.18. The van der Waals surface area contributed by atoms with Crippen molar-refractivity contribution in [2.24, 2.45) is 0 Å². The molecule has 0 bridgehead atoms. The van der Waals surface area contributed by atoms with Crippen LogP contribution in [-0.2, 0) is 0 Å². The van der Waals surface area contributed by atoms with Gasteiger partial charge in [0, 0.05) is 12.6 Å². The molecule has 2 aromatic rings. The van der Waals surface area contributed by atoms with Crippen LogP contribution in [0.4, 0.5) is 4.39 Å². The number of halogens is 1. The molecule has 2 rings (SSSR count). The molecular weight excluding hydrogens is 311 g/mol. The quantitative estimate of drug-likeness (QED) is 0.853. The van der Waals surface area contributed by atoms with E-state index >= 15 is 0 Å². The molecule has 5 nitrogen and oxygen atoms in total. The number of phenols is 1. The number of nitrogens with zero attached hydrogens (tertiary/aromatic N) is 1. The first kappa shape index (κ1) is 17.7. The van der Waals surface area contributed by atoms with Gasteiger partial charge in [0.05, 0.1) is 18.7 Å². The van der Waals surface area contributed by atoms with Crippen LogP contribution in [0.25, 0.3) is 0 Å². The fourth-order valence-corrected chi connectivity index (χ4v) is 2.43. The van der Waals surface area contributed by atoms with Crippen LogP contribution in [0, 0.1) is 5.82 Å². The molecule has 0 spiro atoms. The van der Waals surface area contributed by atoms with Gasteiger partial charge in [-0.15, -0.1) is 0 Å². The average Bonchev–Trinajstić information content (AvgIpc) is 2.54. The Labute approximate surface area is 140 Å². The molecule has 0 aliphatic carbocycles. The first-order valence-corrected chi connectivity index (χ1v) is 7.49. The van der Waals surface area contributed by atoms with Gasteiger partial charge >= 0.3 is 0 Å². The molecule has 1 atom stereocenters. The van der Waals surface area contributed by atoms with Crippen molar-refractivity contribution in [3.05, 3.63) is 59.4 Å². The van der Waals surface area contributed by atoms with E-state index in [0.717, 1.165) is 5.56 Å². The Morgan fingerprint density at radius 3 is 2.62 bits per heavy atom. The first-order chi connectivity index (χ1) is 11.4. The molecule has 6 heteroatoms. The molecule has 2 aromatic carbocycles. The lowest BCUT2D eigenvalue weighted by molar-refractivity contribution is 0.0939. The number of hydrogen-bond acceptors (Lipinski definition) is 4. The third-order valence-corrected chi connectivity index (χ3v) is 3.76. The number of carbonyl (C=O) groups is 1. The van der Waals surface area contributed by atoms with Crippen LogP contribution in [-0.4, -0.2) is 43.7 Å². The number of ether oxygens (including phenoxy) is 1. The van der Waals surface area contributed by atoms with Crippen LogP contribution in [0.2, 0.25) is 0 Å². The number of amides is 1. The second kappa shape index (κ2) is 7.79. The van der Waals surface area contributed by atoms with Gasteiger partial charge in [0.25, 0.3) is 5.91 Å². The lowest BCUT2D eigenvalue weighted by Crippen LogP contribution is -2.34. The summed E-state index contributed by atoms with van der Waals surface area (Å²) in [4.78, 5) is 14.2. The first-order valence-electron chi connectivity index (χ1n) is 7.49. The van der Waals surface area contributed by atoms with Gasteiger partial charge in [-0.3, -0.25) is 4.79 Å². The van der Waals surface area contributed by atoms with Gasteiger partial charge in [0.2, 0.25) is 0 Å². The Kier molecular flexibility index (Phi) is 5.76. The van der Waals surface area contributed by atoms with Crippen LogP contribution < -0.4 is 10.1 Å². The molecular formula is C18H21FN2O3. The third kappa shape index (κ3) is 4.23. The molecule has 1 amide bonds. The maximum absolute atomic E-state index is 13.4. The topological polar surface area (TPSA) is 61.8 Å². The van der Waals surface area contributed by atoms with Crippen LogP contribution in [0.15, 0.2) is 42.5 Å². The molecule has 2 N–H and O–H groups in total. The molecule has 0 heterocycles. The zero-order valence-corrected chi connectivity index (χ0v) is 13.9. The van der Waals surface area contributed by atoms with Crippen LogP contribution in [0.5, 0.6) is 11.5 Å². The number of aromatic hydroxyl groups is 1. The fourth-order valence-electron chi connectivity index (χ4n) is 2.43. The van der Waals surface area contributed by atoms with Crippen molar-refractivity contribution in [3.8, 4) is 11.5 Å². The van der Waals surface area contributed by atoms with Gasteiger partial charge < -0.3 is 20.1 Å². The van der Waals surface area contributed by atoms with E-state index < -0.39 is 5.91 Å². The van der Waals surface area contributed by atoms with Gasteiger partial charge in [0.1, 0.15) is 17.3 Å². The van der Waals surface area contributed by atoms with Gasteiger partial charge in [0.15, 0.2) is 0 Å². The second-order valence-corrected chi connectivity index (χ2v) is 5.63. The summed E-state index contributed by atoms with van der Waals surface area (Å²) in [5.41, 5.74) is 0.923. The van der Waals surface area contributed by atoms with Crippen molar-refractivity contribution in [1.82, 2.24) is 10.2 Å². The maximum atomic E-state index is 13.4. The van der Waals surface area contributed by atoms with Gasteiger partial charge in [-0.2, -0.15) is 0 Å². The Morgan fingerprint density at radius 2 is 2.04 bits per heavy atom. The summed E-state index contributed by atoms with van der Waals surface area (Å²) in [6, 6.07) is 10.6. The molecule has 24 heavy (non-hydrogen) atoms. The summed E-state index contributed by atoms with van der Waals surface area (Å²) < 4.78 is 18.4. The molecule has 128 valence electrons.